The van der Waals surface area contributed by atoms with Crippen LogP contribution in [0.3, 0.4) is 0 Å². The Labute approximate surface area is 142 Å². The molecule has 1 saturated heterocycles. The summed E-state index contributed by atoms with van der Waals surface area (Å²) in [5.41, 5.74) is 2.62. The van der Waals surface area contributed by atoms with Crippen LogP contribution in [0.25, 0.3) is 0 Å². The topological polar surface area (TPSA) is 73.9 Å². The van der Waals surface area contributed by atoms with E-state index in [4.69, 9.17) is 0 Å². The van der Waals surface area contributed by atoms with Gasteiger partial charge in [0.2, 0.25) is 0 Å². The van der Waals surface area contributed by atoms with Crippen molar-refractivity contribution in [2.45, 2.75) is 38.6 Å². The minimum atomic E-state index is -0.123. The van der Waals surface area contributed by atoms with Gasteiger partial charge in [-0.3, -0.25) is 19.8 Å². The molecule has 0 saturated carbocycles. The largest absolute Gasteiger partial charge is 0.349 e. The Morgan fingerprint density at radius 2 is 2.25 bits per heavy atom. The molecule has 1 aliphatic rings. The van der Waals surface area contributed by atoms with Crippen LogP contribution < -0.4 is 5.32 Å². The predicted octanol–water partition coefficient (Wildman–Crippen LogP) is 2.32. The van der Waals surface area contributed by atoms with Crippen molar-refractivity contribution < 1.29 is 4.79 Å². The van der Waals surface area contributed by atoms with Crippen molar-refractivity contribution in [1.29, 1.82) is 0 Å². The molecule has 1 fully saturated rings. The maximum absolute atomic E-state index is 12.4. The molecule has 1 amide bonds. The molecule has 6 nitrogen and oxygen atoms in total. The summed E-state index contributed by atoms with van der Waals surface area (Å²) in [5, 5.41) is 10.1. The van der Waals surface area contributed by atoms with Crippen LogP contribution in [0.2, 0.25) is 0 Å². The molecule has 0 radical (unpaired) electrons. The van der Waals surface area contributed by atoms with Crippen LogP contribution in [0, 0.1) is 0 Å². The zero-order chi connectivity index (χ0) is 16.8. The summed E-state index contributed by atoms with van der Waals surface area (Å²) in [5.74, 6) is -0.123. The molecule has 0 spiro atoms. The van der Waals surface area contributed by atoms with Crippen LogP contribution in [0.15, 0.2) is 30.6 Å². The minimum absolute atomic E-state index is 0.123. The molecule has 0 aromatic carbocycles. The van der Waals surface area contributed by atoms with Crippen molar-refractivity contribution in [3.05, 3.63) is 47.5 Å². The molecule has 0 unspecified atom stereocenters. The van der Waals surface area contributed by atoms with E-state index in [0.29, 0.717) is 12.2 Å². The first-order valence-corrected chi connectivity index (χ1v) is 8.74. The highest BCUT2D eigenvalue weighted by atomic mass is 16.1. The van der Waals surface area contributed by atoms with Gasteiger partial charge in [-0.25, -0.2) is 0 Å². The van der Waals surface area contributed by atoms with Crippen molar-refractivity contribution in [1.82, 2.24) is 25.4 Å². The Kier molecular flexibility index (Phi) is 5.59. The molecular formula is C18H25N5O. The Bertz CT molecular complexity index is 648. The van der Waals surface area contributed by atoms with Crippen molar-refractivity contribution in [2.24, 2.45) is 0 Å². The molecule has 128 valence electrons. The molecule has 3 heterocycles. The molecule has 3 rings (SSSR count). The molecule has 2 aromatic heterocycles. The highest BCUT2D eigenvalue weighted by Crippen LogP contribution is 2.24. The summed E-state index contributed by atoms with van der Waals surface area (Å²) in [6, 6.07) is 6.04. The zero-order valence-corrected chi connectivity index (χ0v) is 14.2. The quantitative estimate of drug-likeness (QED) is 0.818. The number of aryl methyl sites for hydroxylation is 1. The van der Waals surface area contributed by atoms with Gasteiger partial charge in [0.25, 0.3) is 5.91 Å². The van der Waals surface area contributed by atoms with E-state index in [1.807, 2.05) is 18.3 Å². The van der Waals surface area contributed by atoms with Gasteiger partial charge < -0.3 is 5.32 Å². The maximum Gasteiger partial charge on any atom is 0.271 e. The summed E-state index contributed by atoms with van der Waals surface area (Å²) < 4.78 is 0. The van der Waals surface area contributed by atoms with Crippen molar-refractivity contribution >= 4 is 5.91 Å². The lowest BCUT2D eigenvalue weighted by molar-refractivity contribution is 0.0933. The molecule has 2 aromatic rings. The van der Waals surface area contributed by atoms with Gasteiger partial charge in [0.1, 0.15) is 5.69 Å². The van der Waals surface area contributed by atoms with E-state index in [-0.39, 0.29) is 11.9 Å². The number of hydrogen-bond donors (Lipinski definition) is 2. The average molecular weight is 327 g/mol. The number of H-pyrrole nitrogens is 1. The number of carbonyl (C=O) groups excluding carboxylic acids is 1. The molecule has 1 atom stereocenters. The van der Waals surface area contributed by atoms with Gasteiger partial charge >= 0.3 is 0 Å². The lowest BCUT2D eigenvalue weighted by atomic mass is 10.1. The number of aromatic nitrogens is 3. The Balaban J connectivity index is 1.65. The van der Waals surface area contributed by atoms with Gasteiger partial charge in [-0.1, -0.05) is 19.4 Å². The standard InChI is InChI=1S/C18H25N5O/c1-2-6-15-11-16(22-21-15)18(24)20-13-17(23-9-3-4-10-23)14-7-5-8-19-12-14/h5,7-8,11-12,17H,2-4,6,9-10,13H2,1H3,(H,20,24)(H,21,22)/t17-/m0/s1. The molecule has 0 aliphatic carbocycles. The van der Waals surface area contributed by atoms with Gasteiger partial charge in [-0.05, 0) is 50.0 Å². The van der Waals surface area contributed by atoms with Crippen molar-refractivity contribution in [3.63, 3.8) is 0 Å². The second-order valence-corrected chi connectivity index (χ2v) is 6.28. The van der Waals surface area contributed by atoms with Crippen LogP contribution in [-0.2, 0) is 6.42 Å². The van der Waals surface area contributed by atoms with Crippen molar-refractivity contribution in [2.75, 3.05) is 19.6 Å². The first kappa shape index (κ1) is 16.6. The summed E-state index contributed by atoms with van der Waals surface area (Å²) in [6.45, 7) is 4.81. The first-order chi connectivity index (χ1) is 11.8. The van der Waals surface area contributed by atoms with Crippen LogP contribution >= 0.6 is 0 Å². The lowest BCUT2D eigenvalue weighted by Gasteiger charge is -2.27. The highest BCUT2D eigenvalue weighted by Gasteiger charge is 2.24. The third-order valence-corrected chi connectivity index (χ3v) is 4.49. The average Bonchev–Trinajstić information content (AvgIpc) is 3.28. The van der Waals surface area contributed by atoms with Crippen LogP contribution in [-0.4, -0.2) is 45.6 Å². The van der Waals surface area contributed by atoms with E-state index in [2.05, 4.69) is 38.4 Å². The van der Waals surface area contributed by atoms with E-state index in [0.717, 1.165) is 37.2 Å². The van der Waals surface area contributed by atoms with Crippen molar-refractivity contribution in [3.8, 4) is 0 Å². The van der Waals surface area contributed by atoms with Crippen LogP contribution in [0.1, 0.15) is 54.0 Å². The lowest BCUT2D eigenvalue weighted by Crippen LogP contribution is -2.37. The van der Waals surface area contributed by atoms with E-state index in [1.54, 1.807) is 6.20 Å². The van der Waals surface area contributed by atoms with Gasteiger partial charge in [-0.2, -0.15) is 5.10 Å². The number of rotatable bonds is 7. The summed E-state index contributed by atoms with van der Waals surface area (Å²) in [4.78, 5) is 19.0. The smallest absolute Gasteiger partial charge is 0.271 e. The number of aromatic amines is 1. The predicted molar refractivity (Wildman–Crippen MR) is 92.7 cm³/mol. The third-order valence-electron chi connectivity index (χ3n) is 4.49. The van der Waals surface area contributed by atoms with Crippen LogP contribution in [0.5, 0.6) is 0 Å². The molecular weight excluding hydrogens is 302 g/mol. The van der Waals surface area contributed by atoms with E-state index < -0.39 is 0 Å². The van der Waals surface area contributed by atoms with E-state index >= 15 is 0 Å². The highest BCUT2D eigenvalue weighted by molar-refractivity contribution is 5.92. The normalized spacial score (nSPS) is 16.2. The third kappa shape index (κ3) is 4.00. The Hall–Kier alpha value is -2.21. The molecule has 6 heteroatoms. The summed E-state index contributed by atoms with van der Waals surface area (Å²) in [7, 11) is 0. The SMILES string of the molecule is CCCc1cc(C(=O)NC[C@@H](c2cccnc2)N2CCCC2)n[nH]1. The number of hydrogen-bond acceptors (Lipinski definition) is 4. The minimum Gasteiger partial charge on any atom is -0.349 e. The fraction of sp³-hybridized carbons (Fsp3) is 0.500. The summed E-state index contributed by atoms with van der Waals surface area (Å²) in [6.07, 6.45) is 8.04. The molecule has 0 bridgehead atoms. The number of pyridine rings is 1. The van der Waals surface area contributed by atoms with E-state index in [1.165, 1.54) is 12.8 Å². The number of nitrogens with one attached hydrogen (secondary N) is 2. The monoisotopic (exact) mass is 327 g/mol. The van der Waals surface area contributed by atoms with Gasteiger partial charge in [0.05, 0.1) is 6.04 Å². The number of amides is 1. The fourth-order valence-electron chi connectivity index (χ4n) is 3.24. The van der Waals surface area contributed by atoms with E-state index in [9.17, 15) is 4.79 Å². The Morgan fingerprint density at radius 3 is 2.96 bits per heavy atom. The second kappa shape index (κ2) is 8.06. The van der Waals surface area contributed by atoms with Gasteiger partial charge in [-0.15, -0.1) is 0 Å². The molecule has 1 aliphatic heterocycles. The maximum atomic E-state index is 12.4. The van der Waals surface area contributed by atoms with Gasteiger partial charge in [0, 0.05) is 24.6 Å². The summed E-state index contributed by atoms with van der Waals surface area (Å²) >= 11 is 0. The first-order valence-electron chi connectivity index (χ1n) is 8.74. The fourth-order valence-corrected chi connectivity index (χ4v) is 3.24. The number of nitrogens with zero attached hydrogens (tertiary/aromatic N) is 3. The van der Waals surface area contributed by atoms with Gasteiger partial charge in [0.15, 0.2) is 0 Å². The molecule has 24 heavy (non-hydrogen) atoms. The zero-order valence-electron chi connectivity index (χ0n) is 14.2. The van der Waals surface area contributed by atoms with Crippen LogP contribution in [0.4, 0.5) is 0 Å². The number of likely N-dealkylation sites (tertiary alicyclic amines) is 1. The molecule has 2 N–H and O–H groups in total. The Morgan fingerprint density at radius 1 is 1.42 bits per heavy atom. The number of carbonyl (C=O) groups is 1. The second-order valence-electron chi connectivity index (χ2n) is 6.28.